The minimum Gasteiger partial charge on any atom is -0.366 e. The van der Waals surface area contributed by atoms with Gasteiger partial charge in [0.2, 0.25) is 0 Å². The summed E-state index contributed by atoms with van der Waals surface area (Å²) in [7, 11) is 0. The smallest absolute Gasteiger partial charge is 0.0446 e. The molecule has 0 aromatic heterocycles. The molecule has 0 bridgehead atoms. The lowest BCUT2D eigenvalue weighted by Crippen LogP contribution is -2.42. The van der Waals surface area contributed by atoms with Gasteiger partial charge in [-0.05, 0) is 54.2 Å². The molecule has 2 aromatic rings. The van der Waals surface area contributed by atoms with Gasteiger partial charge in [-0.2, -0.15) is 0 Å². The summed E-state index contributed by atoms with van der Waals surface area (Å²) in [5, 5.41) is 0. The predicted molar refractivity (Wildman–Crippen MR) is 149 cm³/mol. The van der Waals surface area contributed by atoms with E-state index in [1.54, 1.807) is 0 Å². The van der Waals surface area contributed by atoms with E-state index in [1.165, 1.54) is 71.2 Å². The van der Waals surface area contributed by atoms with Gasteiger partial charge in [-0.15, -0.1) is 0 Å². The monoisotopic (exact) mass is 445 g/mol. The number of fused-ring (bicyclic) bond motifs is 3. The molecule has 0 saturated carbocycles. The summed E-state index contributed by atoms with van der Waals surface area (Å²) in [4.78, 5) is 2.56. The topological polar surface area (TPSA) is 3.24 Å². The molecule has 2 aromatic carbocycles. The second-order valence-electron chi connectivity index (χ2n) is 9.57. The van der Waals surface area contributed by atoms with E-state index in [2.05, 4.69) is 87.2 Å². The molecular formula is C32H47N. The first-order valence-electron chi connectivity index (χ1n) is 13.3. The van der Waals surface area contributed by atoms with Crippen LogP contribution < -0.4 is 0 Å². The third-order valence-corrected chi connectivity index (χ3v) is 6.52. The van der Waals surface area contributed by atoms with Crippen molar-refractivity contribution in [2.75, 3.05) is 13.1 Å². The fourth-order valence-electron chi connectivity index (χ4n) is 4.87. The van der Waals surface area contributed by atoms with Crippen LogP contribution in [0, 0.1) is 0 Å². The van der Waals surface area contributed by atoms with Gasteiger partial charge < -0.3 is 4.90 Å². The summed E-state index contributed by atoms with van der Waals surface area (Å²) in [5.74, 6) is 0. The number of hydrogen-bond donors (Lipinski definition) is 0. The average molecular weight is 446 g/mol. The highest BCUT2D eigenvalue weighted by Crippen LogP contribution is 2.42. The van der Waals surface area contributed by atoms with Crippen molar-refractivity contribution >= 4 is 5.70 Å². The molecule has 0 fully saturated rings. The van der Waals surface area contributed by atoms with Crippen LogP contribution in [-0.2, 0) is 11.8 Å². The molecular weight excluding hydrogens is 398 g/mol. The highest BCUT2D eigenvalue weighted by atomic mass is 15.2. The largest absolute Gasteiger partial charge is 0.366 e. The molecule has 2 heterocycles. The van der Waals surface area contributed by atoms with Crippen molar-refractivity contribution in [1.82, 2.24) is 4.90 Å². The Morgan fingerprint density at radius 1 is 0.818 bits per heavy atom. The lowest BCUT2D eigenvalue weighted by atomic mass is 9.75. The lowest BCUT2D eigenvalue weighted by molar-refractivity contribution is 0.312. The summed E-state index contributed by atoms with van der Waals surface area (Å²) in [6, 6.07) is 16.4. The van der Waals surface area contributed by atoms with Crippen molar-refractivity contribution in [3.05, 3.63) is 76.9 Å². The third kappa shape index (κ3) is 6.62. The van der Waals surface area contributed by atoms with E-state index in [4.69, 9.17) is 0 Å². The van der Waals surface area contributed by atoms with Crippen LogP contribution in [0.5, 0.6) is 0 Å². The van der Waals surface area contributed by atoms with Crippen molar-refractivity contribution in [3.63, 3.8) is 0 Å². The fraction of sp³-hybridized carbons (Fsp3) is 0.500. The first-order chi connectivity index (χ1) is 16.0. The van der Waals surface area contributed by atoms with E-state index in [-0.39, 0.29) is 5.41 Å². The first-order valence-corrected chi connectivity index (χ1v) is 13.3. The summed E-state index contributed by atoms with van der Waals surface area (Å²) >= 11 is 0. The van der Waals surface area contributed by atoms with E-state index in [0.29, 0.717) is 0 Å². The highest BCUT2D eigenvalue weighted by Gasteiger charge is 2.35. The SMILES string of the molecule is CC.CC.CCCCCCc1ccc(-c2ccc3c(c2)C2=CC=C(C)CN2CC3(C)C)cc1. The molecule has 0 radical (unpaired) electrons. The predicted octanol–water partition coefficient (Wildman–Crippen LogP) is 9.42. The van der Waals surface area contributed by atoms with E-state index >= 15 is 0 Å². The van der Waals surface area contributed by atoms with Crippen LogP contribution in [0.2, 0.25) is 0 Å². The van der Waals surface area contributed by atoms with Crippen molar-refractivity contribution in [1.29, 1.82) is 0 Å². The lowest BCUT2D eigenvalue weighted by Gasteiger charge is -2.44. The molecule has 0 unspecified atom stereocenters. The van der Waals surface area contributed by atoms with Crippen LogP contribution in [0.25, 0.3) is 16.8 Å². The third-order valence-electron chi connectivity index (χ3n) is 6.52. The minimum absolute atomic E-state index is 0.172. The van der Waals surface area contributed by atoms with E-state index in [9.17, 15) is 0 Å². The number of hydrogen-bond acceptors (Lipinski definition) is 1. The summed E-state index contributed by atoms with van der Waals surface area (Å²) < 4.78 is 0. The van der Waals surface area contributed by atoms with Crippen LogP contribution in [0.1, 0.15) is 97.8 Å². The van der Waals surface area contributed by atoms with Crippen LogP contribution in [-0.4, -0.2) is 18.0 Å². The van der Waals surface area contributed by atoms with Gasteiger partial charge in [0.15, 0.2) is 0 Å². The second-order valence-corrected chi connectivity index (χ2v) is 9.57. The molecule has 0 aliphatic carbocycles. The van der Waals surface area contributed by atoms with Gasteiger partial charge in [-0.3, -0.25) is 0 Å². The standard InChI is InChI=1S/C28H35N.2C2H6/c1-5-6-7-8-9-22-11-13-23(14-12-22)24-15-16-26-25(18-24)27-17-10-21(2)19-29(27)20-28(26,3)4;2*1-2/h10-18H,5-9,19-20H2,1-4H3;2*1-2H3. The summed E-state index contributed by atoms with van der Waals surface area (Å²) in [6.45, 7) is 19.4. The molecule has 0 amide bonds. The molecule has 2 aliphatic heterocycles. The van der Waals surface area contributed by atoms with Crippen LogP contribution in [0.4, 0.5) is 0 Å². The maximum atomic E-state index is 2.56. The van der Waals surface area contributed by atoms with E-state index < -0.39 is 0 Å². The quantitative estimate of drug-likeness (QED) is 0.400. The molecule has 1 nitrogen and oxygen atoms in total. The second kappa shape index (κ2) is 12.8. The van der Waals surface area contributed by atoms with Crippen molar-refractivity contribution in [2.45, 2.75) is 92.9 Å². The summed E-state index contributed by atoms with van der Waals surface area (Å²) in [5.41, 5.74) is 10.00. The van der Waals surface area contributed by atoms with Crippen molar-refractivity contribution in [2.24, 2.45) is 0 Å². The highest BCUT2D eigenvalue weighted by molar-refractivity contribution is 5.78. The molecule has 1 heteroatoms. The van der Waals surface area contributed by atoms with Crippen LogP contribution in [0.15, 0.2) is 60.2 Å². The molecule has 33 heavy (non-hydrogen) atoms. The zero-order chi connectivity index (χ0) is 24.4. The molecule has 0 spiro atoms. The number of aryl methyl sites for hydroxylation is 1. The van der Waals surface area contributed by atoms with Gasteiger partial charge >= 0.3 is 0 Å². The minimum atomic E-state index is 0.172. The Balaban J connectivity index is 0.000000914. The normalized spacial score (nSPS) is 15.6. The maximum Gasteiger partial charge on any atom is 0.0446 e. The average Bonchev–Trinajstić information content (AvgIpc) is 2.84. The van der Waals surface area contributed by atoms with Gasteiger partial charge in [0, 0.05) is 29.8 Å². The molecule has 180 valence electrons. The van der Waals surface area contributed by atoms with Gasteiger partial charge in [-0.25, -0.2) is 0 Å². The Bertz CT molecular complexity index is 927. The van der Waals surface area contributed by atoms with Gasteiger partial charge in [0.05, 0.1) is 0 Å². The van der Waals surface area contributed by atoms with Gasteiger partial charge in [0.1, 0.15) is 0 Å². The Kier molecular flexibility index (Phi) is 10.5. The molecule has 0 N–H and O–H groups in total. The zero-order valence-electron chi connectivity index (χ0n) is 22.6. The fourth-order valence-corrected chi connectivity index (χ4v) is 4.87. The van der Waals surface area contributed by atoms with E-state index in [1.807, 2.05) is 27.7 Å². The number of benzene rings is 2. The molecule has 0 atom stereocenters. The Labute approximate surface area is 204 Å². The Morgan fingerprint density at radius 2 is 1.48 bits per heavy atom. The summed E-state index contributed by atoms with van der Waals surface area (Å²) in [6.07, 6.45) is 11.1. The Hall–Kier alpha value is -2.28. The number of nitrogens with zero attached hydrogens (tertiary/aromatic N) is 1. The molecule has 0 saturated heterocycles. The van der Waals surface area contributed by atoms with Crippen molar-refractivity contribution < 1.29 is 0 Å². The van der Waals surface area contributed by atoms with Crippen LogP contribution in [0.3, 0.4) is 0 Å². The Morgan fingerprint density at radius 3 is 2.15 bits per heavy atom. The van der Waals surface area contributed by atoms with Crippen LogP contribution >= 0.6 is 0 Å². The molecule has 4 rings (SSSR count). The zero-order valence-corrected chi connectivity index (χ0v) is 22.6. The molecule has 2 aliphatic rings. The van der Waals surface area contributed by atoms with E-state index in [0.717, 1.165) is 13.1 Å². The van der Waals surface area contributed by atoms with Gasteiger partial charge in [-0.1, -0.05) is 116 Å². The number of allylic oxidation sites excluding steroid dienone is 2. The van der Waals surface area contributed by atoms with Crippen molar-refractivity contribution in [3.8, 4) is 11.1 Å². The number of rotatable bonds is 6. The maximum absolute atomic E-state index is 2.56. The first kappa shape index (κ1) is 27.0. The number of unbranched alkanes of at least 4 members (excludes halogenated alkanes) is 3. The van der Waals surface area contributed by atoms with Gasteiger partial charge in [0.25, 0.3) is 0 Å².